The first-order valence-corrected chi connectivity index (χ1v) is 7.58. The minimum Gasteiger partial charge on any atom is -0.344 e. The highest BCUT2D eigenvalue weighted by atomic mass is 32.2. The van der Waals surface area contributed by atoms with E-state index in [1.54, 1.807) is 6.33 Å². The van der Waals surface area contributed by atoms with E-state index in [4.69, 9.17) is 5.73 Å². The second-order valence-corrected chi connectivity index (χ2v) is 6.80. The molecule has 18 heavy (non-hydrogen) atoms. The van der Waals surface area contributed by atoms with Crippen LogP contribution >= 0.6 is 0 Å². The van der Waals surface area contributed by atoms with Crippen LogP contribution in [-0.4, -0.2) is 29.1 Å². The summed E-state index contributed by atoms with van der Waals surface area (Å²) >= 11 is 0. The SMILES string of the molecule is NCc1cc2[nH]cnc2c(C2CCCS2(=O)=O)n1. The van der Waals surface area contributed by atoms with Crippen LogP contribution < -0.4 is 5.73 Å². The fourth-order valence-electron chi connectivity index (χ4n) is 2.45. The van der Waals surface area contributed by atoms with Gasteiger partial charge in [-0.05, 0) is 18.9 Å². The molecule has 3 heterocycles. The van der Waals surface area contributed by atoms with Crippen LogP contribution in [0.5, 0.6) is 0 Å². The van der Waals surface area contributed by atoms with Crippen molar-refractivity contribution in [2.24, 2.45) is 5.73 Å². The van der Waals surface area contributed by atoms with Crippen molar-refractivity contribution >= 4 is 20.9 Å². The van der Waals surface area contributed by atoms with Crippen molar-refractivity contribution in [3.05, 3.63) is 23.8 Å². The van der Waals surface area contributed by atoms with Crippen molar-refractivity contribution in [1.82, 2.24) is 15.0 Å². The van der Waals surface area contributed by atoms with Gasteiger partial charge in [-0.1, -0.05) is 0 Å². The number of hydrogen-bond acceptors (Lipinski definition) is 5. The highest BCUT2D eigenvalue weighted by Crippen LogP contribution is 2.36. The molecular weight excluding hydrogens is 252 g/mol. The maximum atomic E-state index is 12.0. The number of nitrogens with one attached hydrogen (secondary N) is 1. The molecule has 6 nitrogen and oxygen atoms in total. The molecule has 0 bridgehead atoms. The fourth-order valence-corrected chi connectivity index (χ4v) is 4.34. The Morgan fingerprint density at radius 3 is 3.00 bits per heavy atom. The van der Waals surface area contributed by atoms with Gasteiger partial charge in [-0.3, -0.25) is 4.98 Å². The molecule has 1 fully saturated rings. The van der Waals surface area contributed by atoms with E-state index in [1.807, 2.05) is 6.07 Å². The van der Waals surface area contributed by atoms with Crippen LogP contribution in [0.3, 0.4) is 0 Å². The standard InChI is InChI=1S/C11H14N4O2S/c12-5-7-4-8-10(14-6-13-8)11(15-7)9-2-1-3-18(9,16)17/h4,6,9H,1-3,5,12H2,(H,13,14). The number of imidazole rings is 1. The van der Waals surface area contributed by atoms with Crippen molar-refractivity contribution in [2.75, 3.05) is 5.75 Å². The maximum Gasteiger partial charge on any atom is 0.158 e. The summed E-state index contributed by atoms with van der Waals surface area (Å²) in [6.07, 6.45) is 2.86. The molecule has 0 saturated carbocycles. The molecule has 1 atom stereocenters. The van der Waals surface area contributed by atoms with Gasteiger partial charge in [0.05, 0.1) is 29.0 Å². The zero-order chi connectivity index (χ0) is 12.8. The number of nitrogens with zero attached hydrogens (tertiary/aromatic N) is 2. The Balaban J connectivity index is 2.24. The minimum absolute atomic E-state index is 0.234. The fraction of sp³-hybridized carbons (Fsp3) is 0.455. The summed E-state index contributed by atoms with van der Waals surface area (Å²) in [6, 6.07) is 1.81. The Labute approximate surface area is 105 Å². The molecule has 0 aliphatic carbocycles. The minimum atomic E-state index is -3.09. The first-order chi connectivity index (χ1) is 8.62. The van der Waals surface area contributed by atoms with Crippen LogP contribution in [0.15, 0.2) is 12.4 Å². The van der Waals surface area contributed by atoms with E-state index in [-0.39, 0.29) is 12.3 Å². The van der Waals surface area contributed by atoms with Gasteiger partial charge in [0.15, 0.2) is 9.84 Å². The molecule has 3 rings (SSSR count). The van der Waals surface area contributed by atoms with Crippen LogP contribution in [0.2, 0.25) is 0 Å². The van der Waals surface area contributed by atoms with E-state index >= 15 is 0 Å². The summed E-state index contributed by atoms with van der Waals surface area (Å²) in [5, 5.41) is -0.533. The highest BCUT2D eigenvalue weighted by Gasteiger charge is 2.35. The van der Waals surface area contributed by atoms with Crippen LogP contribution in [0.25, 0.3) is 11.0 Å². The first kappa shape index (κ1) is 11.6. The smallest absolute Gasteiger partial charge is 0.158 e. The molecule has 1 aliphatic heterocycles. The zero-order valence-corrected chi connectivity index (χ0v) is 10.6. The third-order valence-corrected chi connectivity index (χ3v) is 5.51. The van der Waals surface area contributed by atoms with Crippen LogP contribution in [0, 0.1) is 0 Å². The Morgan fingerprint density at radius 2 is 2.33 bits per heavy atom. The Hall–Kier alpha value is -1.47. The monoisotopic (exact) mass is 266 g/mol. The van der Waals surface area contributed by atoms with E-state index in [9.17, 15) is 8.42 Å². The summed E-state index contributed by atoms with van der Waals surface area (Å²) in [5.41, 5.74) is 8.27. The van der Waals surface area contributed by atoms with E-state index in [0.29, 0.717) is 29.7 Å². The molecule has 2 aromatic rings. The summed E-state index contributed by atoms with van der Waals surface area (Å²) in [7, 11) is -3.09. The van der Waals surface area contributed by atoms with E-state index in [2.05, 4.69) is 15.0 Å². The third kappa shape index (κ3) is 1.70. The van der Waals surface area contributed by atoms with Gasteiger partial charge >= 0.3 is 0 Å². The molecule has 3 N–H and O–H groups in total. The Bertz CT molecular complexity index is 692. The molecule has 0 amide bonds. The maximum absolute atomic E-state index is 12.0. The summed E-state index contributed by atoms with van der Waals surface area (Å²) in [5.74, 6) is 0.234. The predicted octanol–water partition coefficient (Wildman–Crippen LogP) is 0.666. The van der Waals surface area contributed by atoms with Gasteiger partial charge in [0.1, 0.15) is 10.8 Å². The molecule has 1 aliphatic rings. The van der Waals surface area contributed by atoms with Gasteiger partial charge in [0, 0.05) is 6.54 Å². The van der Waals surface area contributed by atoms with Crippen LogP contribution in [0.4, 0.5) is 0 Å². The van der Waals surface area contributed by atoms with Crippen LogP contribution in [-0.2, 0) is 16.4 Å². The Morgan fingerprint density at radius 1 is 1.50 bits per heavy atom. The van der Waals surface area contributed by atoms with E-state index in [0.717, 1.165) is 5.52 Å². The van der Waals surface area contributed by atoms with Crippen molar-refractivity contribution in [3.63, 3.8) is 0 Å². The summed E-state index contributed by atoms with van der Waals surface area (Å²) in [4.78, 5) is 11.5. The average molecular weight is 266 g/mol. The molecule has 7 heteroatoms. The van der Waals surface area contributed by atoms with Crippen molar-refractivity contribution in [3.8, 4) is 0 Å². The first-order valence-electron chi connectivity index (χ1n) is 5.86. The number of nitrogens with two attached hydrogens (primary N) is 1. The van der Waals surface area contributed by atoms with Gasteiger partial charge in [-0.15, -0.1) is 0 Å². The van der Waals surface area contributed by atoms with E-state index < -0.39 is 15.1 Å². The van der Waals surface area contributed by atoms with E-state index in [1.165, 1.54) is 0 Å². The number of sulfone groups is 1. The predicted molar refractivity (Wildman–Crippen MR) is 67.5 cm³/mol. The number of rotatable bonds is 2. The Kier molecular flexibility index (Phi) is 2.60. The second-order valence-electron chi connectivity index (χ2n) is 4.50. The number of aromatic amines is 1. The average Bonchev–Trinajstić information content (AvgIpc) is 2.93. The summed E-state index contributed by atoms with van der Waals surface area (Å²) in [6.45, 7) is 0.286. The largest absolute Gasteiger partial charge is 0.344 e. The molecule has 1 unspecified atom stereocenters. The third-order valence-electron chi connectivity index (χ3n) is 3.33. The molecule has 1 saturated heterocycles. The number of pyridine rings is 1. The lowest BCUT2D eigenvalue weighted by molar-refractivity contribution is 0.591. The van der Waals surface area contributed by atoms with Crippen molar-refractivity contribution < 1.29 is 8.42 Å². The number of hydrogen-bond donors (Lipinski definition) is 2. The van der Waals surface area contributed by atoms with Crippen molar-refractivity contribution in [1.29, 1.82) is 0 Å². The van der Waals surface area contributed by atoms with Gasteiger partial charge in [-0.2, -0.15) is 0 Å². The lowest BCUT2D eigenvalue weighted by atomic mass is 10.1. The van der Waals surface area contributed by atoms with Crippen LogP contribution in [0.1, 0.15) is 29.5 Å². The van der Waals surface area contributed by atoms with Gasteiger partial charge in [0.2, 0.25) is 0 Å². The molecular formula is C11H14N4O2S. The van der Waals surface area contributed by atoms with Gasteiger partial charge in [-0.25, -0.2) is 13.4 Å². The van der Waals surface area contributed by atoms with Gasteiger partial charge in [0.25, 0.3) is 0 Å². The summed E-state index contributed by atoms with van der Waals surface area (Å²) < 4.78 is 24.0. The lowest BCUT2D eigenvalue weighted by Gasteiger charge is -2.10. The highest BCUT2D eigenvalue weighted by molar-refractivity contribution is 7.91. The quantitative estimate of drug-likeness (QED) is 0.831. The molecule has 2 aromatic heterocycles. The topological polar surface area (TPSA) is 102 Å². The molecule has 0 radical (unpaired) electrons. The zero-order valence-electron chi connectivity index (χ0n) is 9.76. The molecule has 0 spiro atoms. The molecule has 0 aromatic carbocycles. The number of aromatic nitrogens is 3. The van der Waals surface area contributed by atoms with Crippen molar-refractivity contribution in [2.45, 2.75) is 24.6 Å². The second kappa shape index (κ2) is 4.03. The van der Waals surface area contributed by atoms with Gasteiger partial charge < -0.3 is 10.7 Å². The number of fused-ring (bicyclic) bond motifs is 1. The molecule has 96 valence electrons. The number of H-pyrrole nitrogens is 1. The normalized spacial score (nSPS) is 22.6. The lowest BCUT2D eigenvalue weighted by Crippen LogP contribution is -2.12.